The molecule has 0 saturated heterocycles. The van der Waals surface area contributed by atoms with Gasteiger partial charge in [0.15, 0.2) is 5.82 Å². The van der Waals surface area contributed by atoms with E-state index in [0.717, 1.165) is 22.8 Å². The molecule has 2 aromatic heterocycles. The number of pyridine rings is 1. The number of rotatable bonds is 6. The van der Waals surface area contributed by atoms with Gasteiger partial charge in [-0.15, -0.1) is 10.2 Å². The Bertz CT molecular complexity index is 1080. The Hall–Kier alpha value is -3.47. The predicted octanol–water partition coefficient (Wildman–Crippen LogP) is 4.95. The quantitative estimate of drug-likeness (QED) is 0.524. The summed E-state index contributed by atoms with van der Waals surface area (Å²) in [5.74, 6) is 0.940. The first kappa shape index (κ1) is 16.7. The minimum atomic E-state index is 0.562. The summed E-state index contributed by atoms with van der Waals surface area (Å²) in [5, 5.41) is 11.9. The van der Waals surface area contributed by atoms with E-state index in [1.165, 1.54) is 24.0 Å². The topological polar surface area (TPSA) is 55.6 Å². The summed E-state index contributed by atoms with van der Waals surface area (Å²) in [6, 6.07) is 23.5. The van der Waals surface area contributed by atoms with Gasteiger partial charge in [0.2, 0.25) is 0 Å². The number of hydrogen-bond donors (Lipinski definition) is 1. The van der Waals surface area contributed by atoms with Gasteiger partial charge in [0.25, 0.3) is 0 Å². The van der Waals surface area contributed by atoms with Gasteiger partial charge < -0.3 is 9.88 Å². The lowest BCUT2D eigenvalue weighted by molar-refractivity contribution is 0.746. The zero-order valence-corrected chi connectivity index (χ0v) is 15.5. The van der Waals surface area contributed by atoms with Gasteiger partial charge in [-0.25, -0.2) is 0 Å². The van der Waals surface area contributed by atoms with Crippen molar-refractivity contribution in [3.63, 3.8) is 0 Å². The standard InChI is InChI=1S/C23H21N5/c1-2-5-17(6-3-1)18-11-12-24-21(13-18)15-25-20-8-4-7-19(14-20)23-27-26-16-28(23)22-9-10-22/h1-8,11-14,16,22,25H,9-10,15H2. The number of aromatic nitrogens is 4. The van der Waals surface area contributed by atoms with Gasteiger partial charge in [0.1, 0.15) is 6.33 Å². The largest absolute Gasteiger partial charge is 0.379 e. The van der Waals surface area contributed by atoms with Crippen LogP contribution in [-0.2, 0) is 6.54 Å². The van der Waals surface area contributed by atoms with Crippen molar-refractivity contribution in [2.45, 2.75) is 25.4 Å². The predicted molar refractivity (Wildman–Crippen MR) is 111 cm³/mol. The molecule has 138 valence electrons. The molecular weight excluding hydrogens is 346 g/mol. The first-order chi connectivity index (χ1) is 13.9. The molecule has 2 aromatic carbocycles. The number of nitrogens with one attached hydrogen (secondary N) is 1. The number of benzene rings is 2. The Morgan fingerprint density at radius 1 is 0.893 bits per heavy atom. The molecule has 1 aliphatic carbocycles. The molecule has 28 heavy (non-hydrogen) atoms. The van der Waals surface area contributed by atoms with Gasteiger partial charge in [-0.05, 0) is 48.2 Å². The molecule has 4 aromatic rings. The molecule has 2 heterocycles. The monoisotopic (exact) mass is 367 g/mol. The van der Waals surface area contributed by atoms with Crippen LogP contribution >= 0.6 is 0 Å². The highest BCUT2D eigenvalue weighted by Gasteiger charge is 2.26. The van der Waals surface area contributed by atoms with E-state index in [9.17, 15) is 0 Å². The van der Waals surface area contributed by atoms with Crippen LogP contribution in [0.1, 0.15) is 24.6 Å². The molecule has 1 aliphatic rings. The van der Waals surface area contributed by atoms with Crippen LogP contribution in [0.2, 0.25) is 0 Å². The lowest BCUT2D eigenvalue weighted by Gasteiger charge is -2.10. The second-order valence-corrected chi connectivity index (χ2v) is 7.13. The highest BCUT2D eigenvalue weighted by Crippen LogP contribution is 2.37. The molecule has 1 saturated carbocycles. The van der Waals surface area contributed by atoms with Gasteiger partial charge in [-0.1, -0.05) is 42.5 Å². The summed E-state index contributed by atoms with van der Waals surface area (Å²) in [7, 11) is 0. The van der Waals surface area contributed by atoms with Crippen molar-refractivity contribution in [3.05, 3.63) is 84.9 Å². The first-order valence-corrected chi connectivity index (χ1v) is 9.61. The molecule has 0 unspecified atom stereocenters. The molecular formula is C23H21N5. The van der Waals surface area contributed by atoms with Crippen LogP contribution in [0.5, 0.6) is 0 Å². The number of anilines is 1. The van der Waals surface area contributed by atoms with Crippen molar-refractivity contribution in [1.82, 2.24) is 19.7 Å². The van der Waals surface area contributed by atoms with E-state index in [-0.39, 0.29) is 0 Å². The summed E-state index contributed by atoms with van der Waals surface area (Å²) in [5.41, 5.74) is 5.52. The minimum Gasteiger partial charge on any atom is -0.379 e. The highest BCUT2D eigenvalue weighted by molar-refractivity contribution is 5.64. The molecule has 0 aliphatic heterocycles. The Balaban J connectivity index is 1.33. The van der Waals surface area contributed by atoms with E-state index < -0.39 is 0 Å². The SMILES string of the molecule is c1ccc(-c2ccnc(CNc3cccc(-c4nncn4C4CC4)c3)c2)cc1. The van der Waals surface area contributed by atoms with Crippen molar-refractivity contribution in [2.24, 2.45) is 0 Å². The molecule has 1 fully saturated rings. The summed E-state index contributed by atoms with van der Waals surface area (Å²) in [6.07, 6.45) is 6.14. The third-order valence-corrected chi connectivity index (χ3v) is 5.03. The van der Waals surface area contributed by atoms with E-state index in [1.807, 2.05) is 24.7 Å². The van der Waals surface area contributed by atoms with Gasteiger partial charge in [0.05, 0.1) is 12.2 Å². The van der Waals surface area contributed by atoms with Gasteiger partial charge in [-0.2, -0.15) is 0 Å². The summed E-state index contributed by atoms with van der Waals surface area (Å²) >= 11 is 0. The zero-order chi connectivity index (χ0) is 18.8. The summed E-state index contributed by atoms with van der Waals surface area (Å²) in [6.45, 7) is 0.666. The van der Waals surface area contributed by atoms with Gasteiger partial charge in [0, 0.05) is 23.5 Å². The number of nitrogens with zero attached hydrogens (tertiary/aromatic N) is 4. The van der Waals surface area contributed by atoms with Crippen LogP contribution in [0, 0.1) is 0 Å². The Kier molecular flexibility index (Phi) is 4.33. The second kappa shape index (κ2) is 7.27. The van der Waals surface area contributed by atoms with Crippen molar-refractivity contribution < 1.29 is 0 Å². The van der Waals surface area contributed by atoms with E-state index >= 15 is 0 Å². The summed E-state index contributed by atoms with van der Waals surface area (Å²) < 4.78 is 2.18. The average Bonchev–Trinajstić information content (AvgIpc) is 3.49. The molecule has 0 amide bonds. The van der Waals surface area contributed by atoms with E-state index in [4.69, 9.17) is 0 Å². The summed E-state index contributed by atoms with van der Waals surface area (Å²) in [4.78, 5) is 4.51. The molecule has 5 heteroatoms. The molecule has 5 rings (SSSR count). The Labute approximate surface area is 164 Å². The Morgan fingerprint density at radius 3 is 2.61 bits per heavy atom. The van der Waals surface area contributed by atoms with Crippen molar-refractivity contribution >= 4 is 5.69 Å². The maximum absolute atomic E-state index is 4.51. The first-order valence-electron chi connectivity index (χ1n) is 9.61. The van der Waals surface area contributed by atoms with Crippen molar-refractivity contribution in [1.29, 1.82) is 0 Å². The van der Waals surface area contributed by atoms with Crippen LogP contribution in [-0.4, -0.2) is 19.7 Å². The van der Waals surface area contributed by atoms with E-state index in [0.29, 0.717) is 12.6 Å². The molecule has 0 atom stereocenters. The molecule has 0 radical (unpaired) electrons. The average molecular weight is 367 g/mol. The second-order valence-electron chi connectivity index (χ2n) is 7.13. The van der Waals surface area contributed by atoms with Crippen LogP contribution in [0.25, 0.3) is 22.5 Å². The van der Waals surface area contributed by atoms with Crippen LogP contribution in [0.3, 0.4) is 0 Å². The molecule has 1 N–H and O–H groups in total. The number of hydrogen-bond acceptors (Lipinski definition) is 4. The lowest BCUT2D eigenvalue weighted by Crippen LogP contribution is -2.02. The maximum atomic E-state index is 4.51. The van der Waals surface area contributed by atoms with Crippen molar-refractivity contribution in [2.75, 3.05) is 5.32 Å². The minimum absolute atomic E-state index is 0.562. The third-order valence-electron chi connectivity index (χ3n) is 5.03. The van der Waals surface area contributed by atoms with Gasteiger partial charge >= 0.3 is 0 Å². The van der Waals surface area contributed by atoms with Crippen LogP contribution in [0.15, 0.2) is 79.3 Å². The van der Waals surface area contributed by atoms with Crippen LogP contribution < -0.4 is 5.32 Å². The maximum Gasteiger partial charge on any atom is 0.164 e. The fourth-order valence-corrected chi connectivity index (χ4v) is 3.42. The zero-order valence-electron chi connectivity index (χ0n) is 15.5. The fourth-order valence-electron chi connectivity index (χ4n) is 3.42. The normalized spacial score (nSPS) is 13.4. The third kappa shape index (κ3) is 3.51. The highest BCUT2D eigenvalue weighted by atomic mass is 15.3. The molecule has 0 spiro atoms. The van der Waals surface area contributed by atoms with E-state index in [1.54, 1.807) is 0 Å². The van der Waals surface area contributed by atoms with E-state index in [2.05, 4.69) is 79.7 Å². The molecule has 0 bridgehead atoms. The smallest absolute Gasteiger partial charge is 0.164 e. The van der Waals surface area contributed by atoms with Crippen molar-refractivity contribution in [3.8, 4) is 22.5 Å². The lowest BCUT2D eigenvalue weighted by atomic mass is 10.1. The van der Waals surface area contributed by atoms with Crippen LogP contribution in [0.4, 0.5) is 5.69 Å². The van der Waals surface area contributed by atoms with Gasteiger partial charge in [-0.3, -0.25) is 4.98 Å². The fraction of sp³-hybridized carbons (Fsp3) is 0.174. The Morgan fingerprint density at radius 2 is 1.75 bits per heavy atom. The molecule has 5 nitrogen and oxygen atoms in total.